The standard InChI is InChI=1S/C14H23ClN4/c1-4-6-13-16-12(15)9-14(17-13)19-8-7-18(3)11(5-2)10-19/h9,11H,4-8,10H2,1-3H3. The second-order valence-corrected chi connectivity index (χ2v) is 5.59. The topological polar surface area (TPSA) is 32.3 Å². The zero-order valence-corrected chi connectivity index (χ0v) is 12.8. The molecule has 1 atom stereocenters. The quantitative estimate of drug-likeness (QED) is 0.795. The highest BCUT2D eigenvalue weighted by molar-refractivity contribution is 6.29. The molecule has 0 bridgehead atoms. The summed E-state index contributed by atoms with van der Waals surface area (Å²) in [7, 11) is 2.20. The molecule has 1 aliphatic heterocycles. The van der Waals surface area contributed by atoms with Crippen LogP contribution in [0.4, 0.5) is 5.82 Å². The van der Waals surface area contributed by atoms with Crippen molar-refractivity contribution in [1.82, 2.24) is 14.9 Å². The lowest BCUT2D eigenvalue weighted by atomic mass is 10.1. The first-order chi connectivity index (χ1) is 9.13. The van der Waals surface area contributed by atoms with Crippen LogP contribution in [0.5, 0.6) is 0 Å². The van der Waals surface area contributed by atoms with Gasteiger partial charge in [0.05, 0.1) is 0 Å². The van der Waals surface area contributed by atoms with E-state index in [1.165, 1.54) is 0 Å². The summed E-state index contributed by atoms with van der Waals surface area (Å²) >= 11 is 6.12. The molecule has 1 aliphatic rings. The Hall–Kier alpha value is -0.870. The highest BCUT2D eigenvalue weighted by Gasteiger charge is 2.24. The molecule has 0 N–H and O–H groups in total. The van der Waals surface area contributed by atoms with Crippen LogP contribution in [-0.4, -0.2) is 47.6 Å². The summed E-state index contributed by atoms with van der Waals surface area (Å²) < 4.78 is 0. The van der Waals surface area contributed by atoms with Gasteiger partial charge in [-0.2, -0.15) is 0 Å². The van der Waals surface area contributed by atoms with Crippen LogP contribution in [0.15, 0.2) is 6.07 Å². The average Bonchev–Trinajstić information content (AvgIpc) is 2.39. The number of hydrogen-bond acceptors (Lipinski definition) is 4. The van der Waals surface area contributed by atoms with Crippen LogP contribution < -0.4 is 4.90 Å². The number of rotatable bonds is 4. The van der Waals surface area contributed by atoms with Crippen molar-refractivity contribution in [1.29, 1.82) is 0 Å². The summed E-state index contributed by atoms with van der Waals surface area (Å²) in [6.07, 6.45) is 3.09. The van der Waals surface area contributed by atoms with E-state index in [0.29, 0.717) is 11.2 Å². The van der Waals surface area contributed by atoms with Crippen LogP contribution in [0.3, 0.4) is 0 Å². The maximum atomic E-state index is 6.12. The monoisotopic (exact) mass is 282 g/mol. The van der Waals surface area contributed by atoms with Gasteiger partial charge >= 0.3 is 0 Å². The zero-order valence-electron chi connectivity index (χ0n) is 12.1. The van der Waals surface area contributed by atoms with E-state index < -0.39 is 0 Å². The van der Waals surface area contributed by atoms with Crippen LogP contribution in [0, 0.1) is 0 Å². The average molecular weight is 283 g/mol. The molecule has 0 aliphatic carbocycles. The molecule has 0 amide bonds. The fourth-order valence-corrected chi connectivity index (χ4v) is 2.74. The molecule has 2 heterocycles. The maximum Gasteiger partial charge on any atom is 0.134 e. The Labute approximate surface area is 120 Å². The molecule has 0 saturated carbocycles. The summed E-state index contributed by atoms with van der Waals surface area (Å²) in [6.45, 7) is 7.47. The van der Waals surface area contributed by atoms with Gasteiger partial charge in [-0.05, 0) is 19.9 Å². The number of likely N-dealkylation sites (N-methyl/N-ethyl adjacent to an activating group) is 1. The van der Waals surface area contributed by atoms with Gasteiger partial charge in [-0.25, -0.2) is 9.97 Å². The Morgan fingerprint density at radius 3 is 2.79 bits per heavy atom. The molecular weight excluding hydrogens is 260 g/mol. The SMILES string of the molecule is CCCc1nc(Cl)cc(N2CCN(C)C(CC)C2)n1. The number of aromatic nitrogens is 2. The smallest absolute Gasteiger partial charge is 0.134 e. The van der Waals surface area contributed by atoms with Gasteiger partial charge in [-0.3, -0.25) is 4.90 Å². The first kappa shape index (κ1) is 14.5. The molecule has 4 nitrogen and oxygen atoms in total. The number of aryl methyl sites for hydroxylation is 1. The van der Waals surface area contributed by atoms with E-state index >= 15 is 0 Å². The Morgan fingerprint density at radius 1 is 1.32 bits per heavy atom. The van der Waals surface area contributed by atoms with Gasteiger partial charge in [0, 0.05) is 38.2 Å². The molecule has 1 saturated heterocycles. The van der Waals surface area contributed by atoms with E-state index in [-0.39, 0.29) is 0 Å². The van der Waals surface area contributed by atoms with E-state index in [0.717, 1.165) is 50.5 Å². The number of piperazine rings is 1. The highest BCUT2D eigenvalue weighted by Crippen LogP contribution is 2.21. The molecule has 0 aromatic carbocycles. The molecular formula is C14H23ClN4. The fourth-order valence-electron chi connectivity index (χ4n) is 2.54. The van der Waals surface area contributed by atoms with Crippen LogP contribution >= 0.6 is 11.6 Å². The number of anilines is 1. The maximum absolute atomic E-state index is 6.12. The van der Waals surface area contributed by atoms with Crippen molar-refractivity contribution in [2.45, 2.75) is 39.2 Å². The van der Waals surface area contributed by atoms with Crippen LogP contribution in [0.1, 0.15) is 32.5 Å². The van der Waals surface area contributed by atoms with E-state index in [2.05, 4.69) is 40.7 Å². The molecule has 0 radical (unpaired) electrons. The third-order valence-corrected chi connectivity index (χ3v) is 3.97. The lowest BCUT2D eigenvalue weighted by molar-refractivity contribution is 0.213. The Balaban J connectivity index is 2.17. The fraction of sp³-hybridized carbons (Fsp3) is 0.714. The summed E-state index contributed by atoms with van der Waals surface area (Å²) in [4.78, 5) is 13.7. The van der Waals surface area contributed by atoms with E-state index in [4.69, 9.17) is 11.6 Å². The van der Waals surface area contributed by atoms with Crippen LogP contribution in [0.2, 0.25) is 5.15 Å². The van der Waals surface area contributed by atoms with Crippen molar-refractivity contribution >= 4 is 17.4 Å². The minimum atomic E-state index is 0.556. The van der Waals surface area contributed by atoms with Gasteiger partial charge in [-0.1, -0.05) is 25.4 Å². The van der Waals surface area contributed by atoms with E-state index in [1.807, 2.05) is 6.07 Å². The predicted octanol–water partition coefficient (Wildman–Crippen LogP) is 2.61. The summed E-state index contributed by atoms with van der Waals surface area (Å²) in [5.74, 6) is 1.84. The van der Waals surface area contributed by atoms with Gasteiger partial charge in [-0.15, -0.1) is 0 Å². The molecule has 1 unspecified atom stereocenters. The number of halogens is 1. The largest absolute Gasteiger partial charge is 0.354 e. The first-order valence-electron chi connectivity index (χ1n) is 7.12. The minimum Gasteiger partial charge on any atom is -0.354 e. The van der Waals surface area contributed by atoms with Crippen LogP contribution in [-0.2, 0) is 6.42 Å². The van der Waals surface area contributed by atoms with Crippen LogP contribution in [0.25, 0.3) is 0 Å². The third-order valence-electron chi connectivity index (χ3n) is 3.77. The van der Waals surface area contributed by atoms with Gasteiger partial charge in [0.25, 0.3) is 0 Å². The molecule has 1 aromatic rings. The van der Waals surface area contributed by atoms with E-state index in [1.54, 1.807) is 0 Å². The zero-order chi connectivity index (χ0) is 13.8. The van der Waals surface area contributed by atoms with Gasteiger partial charge in [0.2, 0.25) is 0 Å². The van der Waals surface area contributed by atoms with Crippen molar-refractivity contribution in [3.05, 3.63) is 17.0 Å². The molecule has 5 heteroatoms. The van der Waals surface area contributed by atoms with Crippen molar-refractivity contribution < 1.29 is 0 Å². The lowest BCUT2D eigenvalue weighted by Gasteiger charge is -2.39. The first-order valence-corrected chi connectivity index (χ1v) is 7.50. The van der Waals surface area contributed by atoms with Crippen molar-refractivity contribution in [2.24, 2.45) is 0 Å². The molecule has 0 spiro atoms. The molecule has 106 valence electrons. The Kier molecular flexibility index (Phi) is 4.99. The van der Waals surface area contributed by atoms with E-state index in [9.17, 15) is 0 Å². The van der Waals surface area contributed by atoms with Crippen molar-refractivity contribution in [3.8, 4) is 0 Å². The second-order valence-electron chi connectivity index (χ2n) is 5.20. The number of nitrogens with zero attached hydrogens (tertiary/aromatic N) is 4. The Bertz CT molecular complexity index is 424. The minimum absolute atomic E-state index is 0.556. The van der Waals surface area contributed by atoms with Gasteiger partial charge < -0.3 is 4.90 Å². The molecule has 2 rings (SSSR count). The molecule has 19 heavy (non-hydrogen) atoms. The Morgan fingerprint density at radius 2 is 2.11 bits per heavy atom. The second kappa shape index (κ2) is 6.53. The van der Waals surface area contributed by atoms with Crippen molar-refractivity contribution in [2.75, 3.05) is 31.6 Å². The third kappa shape index (κ3) is 3.57. The summed E-state index contributed by atoms with van der Waals surface area (Å²) in [6, 6.07) is 2.48. The van der Waals surface area contributed by atoms with Gasteiger partial charge in [0.1, 0.15) is 16.8 Å². The molecule has 1 aromatic heterocycles. The van der Waals surface area contributed by atoms with Crippen molar-refractivity contribution in [3.63, 3.8) is 0 Å². The predicted molar refractivity (Wildman–Crippen MR) is 80.0 cm³/mol. The lowest BCUT2D eigenvalue weighted by Crippen LogP contribution is -2.51. The van der Waals surface area contributed by atoms with Gasteiger partial charge in [0.15, 0.2) is 0 Å². The highest BCUT2D eigenvalue weighted by atomic mass is 35.5. The molecule has 1 fully saturated rings. The normalized spacial score (nSPS) is 20.8. The summed E-state index contributed by atoms with van der Waals surface area (Å²) in [5.41, 5.74) is 0. The number of hydrogen-bond donors (Lipinski definition) is 0. The summed E-state index contributed by atoms with van der Waals surface area (Å²) in [5, 5.41) is 0.556.